The molecule has 0 aliphatic rings. The molecule has 0 aliphatic heterocycles. The molecule has 0 radical (unpaired) electrons. The van der Waals surface area contributed by atoms with E-state index < -0.39 is 12.2 Å². The second kappa shape index (κ2) is 14.1. The van der Waals surface area contributed by atoms with Crippen LogP contribution in [0.25, 0.3) is 0 Å². The topological polar surface area (TPSA) is 53.6 Å². The fourth-order valence-corrected chi connectivity index (χ4v) is 3.11. The summed E-state index contributed by atoms with van der Waals surface area (Å²) in [5, 5.41) is 20.2. The summed E-state index contributed by atoms with van der Waals surface area (Å²) in [6.45, 7) is 5.91. The van der Waals surface area contributed by atoms with E-state index in [1.807, 2.05) is 0 Å². The fraction of sp³-hybridized carbons (Fsp3) is 0.727. The molecule has 3 heteroatoms. The first-order chi connectivity index (χ1) is 12.2. The summed E-state index contributed by atoms with van der Waals surface area (Å²) in [4.78, 5) is 0. The number of hydrogen-bond acceptors (Lipinski definition) is 3. The lowest BCUT2D eigenvalue weighted by Gasteiger charge is -2.09. The molecule has 0 spiro atoms. The van der Waals surface area contributed by atoms with E-state index in [1.54, 1.807) is 18.2 Å². The van der Waals surface area contributed by atoms with E-state index in [4.69, 9.17) is 4.42 Å². The smallest absolute Gasteiger partial charge is 0.132 e. The van der Waals surface area contributed by atoms with Crippen molar-refractivity contribution >= 4 is 0 Å². The van der Waals surface area contributed by atoms with Gasteiger partial charge in [-0.1, -0.05) is 77.2 Å². The van der Waals surface area contributed by atoms with Crippen molar-refractivity contribution < 1.29 is 14.6 Å². The van der Waals surface area contributed by atoms with Crippen LogP contribution in [0.4, 0.5) is 0 Å². The Hall–Kier alpha value is -1.06. The summed E-state index contributed by atoms with van der Waals surface area (Å²) in [7, 11) is 0. The first-order valence-corrected chi connectivity index (χ1v) is 10.3. The molecule has 0 aliphatic carbocycles. The van der Waals surface area contributed by atoms with Crippen LogP contribution in [0, 0.1) is 0 Å². The molecule has 0 saturated carbocycles. The molecule has 1 rings (SSSR count). The lowest BCUT2D eigenvalue weighted by atomic mass is 10.0. The summed E-state index contributed by atoms with van der Waals surface area (Å²) < 4.78 is 5.61. The molecule has 25 heavy (non-hydrogen) atoms. The molecule has 0 amide bonds. The van der Waals surface area contributed by atoms with Crippen LogP contribution in [0.2, 0.25) is 0 Å². The van der Waals surface area contributed by atoms with Gasteiger partial charge in [0.05, 0.1) is 0 Å². The third-order valence-corrected chi connectivity index (χ3v) is 4.78. The standard InChI is InChI=1S/C22H38O3/c1-3-5-7-8-9-10-11-12-13-14-16-20(24)22-18-17-21(25-22)19(23)15-6-4-2/h4,17-20,23-24H,2-3,5-16H2,1H3. The molecule has 0 fully saturated rings. The summed E-state index contributed by atoms with van der Waals surface area (Å²) >= 11 is 0. The quantitative estimate of drug-likeness (QED) is 0.260. The number of unbranched alkanes of at least 4 members (excludes halogenated alkanes) is 9. The van der Waals surface area contributed by atoms with Gasteiger partial charge in [-0.3, -0.25) is 0 Å². The molecule has 1 aromatic rings. The number of aliphatic hydroxyl groups is 2. The highest BCUT2D eigenvalue weighted by Crippen LogP contribution is 2.27. The maximum absolute atomic E-state index is 10.2. The van der Waals surface area contributed by atoms with Crippen molar-refractivity contribution in [3.8, 4) is 0 Å². The van der Waals surface area contributed by atoms with Gasteiger partial charge in [0.1, 0.15) is 23.7 Å². The third kappa shape index (κ3) is 9.86. The van der Waals surface area contributed by atoms with Crippen molar-refractivity contribution in [1.82, 2.24) is 0 Å². The Bertz CT molecular complexity index is 438. The molecule has 2 N–H and O–H groups in total. The first kappa shape index (κ1) is 22.0. The molecular formula is C22H38O3. The molecular weight excluding hydrogens is 312 g/mol. The lowest BCUT2D eigenvalue weighted by Crippen LogP contribution is -1.97. The molecule has 144 valence electrons. The molecule has 2 atom stereocenters. The van der Waals surface area contributed by atoms with Gasteiger partial charge in [0.25, 0.3) is 0 Å². The van der Waals surface area contributed by atoms with Gasteiger partial charge in [-0.15, -0.1) is 6.58 Å². The fourth-order valence-electron chi connectivity index (χ4n) is 3.11. The predicted octanol–water partition coefficient (Wildman–Crippen LogP) is 6.62. The van der Waals surface area contributed by atoms with E-state index in [0.717, 1.165) is 19.3 Å². The van der Waals surface area contributed by atoms with Crippen LogP contribution < -0.4 is 0 Å². The van der Waals surface area contributed by atoms with Crippen molar-refractivity contribution in [3.63, 3.8) is 0 Å². The number of furan rings is 1. The second-order valence-electron chi connectivity index (χ2n) is 7.11. The molecule has 1 aromatic heterocycles. The molecule has 2 unspecified atom stereocenters. The number of rotatable bonds is 16. The van der Waals surface area contributed by atoms with Crippen LogP contribution >= 0.6 is 0 Å². The maximum Gasteiger partial charge on any atom is 0.132 e. The van der Waals surface area contributed by atoms with Crippen molar-refractivity contribution in [1.29, 1.82) is 0 Å². The zero-order valence-corrected chi connectivity index (χ0v) is 16.1. The minimum atomic E-state index is -0.615. The largest absolute Gasteiger partial charge is 0.461 e. The van der Waals surface area contributed by atoms with Crippen molar-refractivity contribution in [2.45, 2.75) is 103 Å². The number of allylic oxidation sites excluding steroid dienone is 1. The van der Waals surface area contributed by atoms with Gasteiger partial charge in [-0.05, 0) is 31.4 Å². The Morgan fingerprint density at radius 1 is 0.840 bits per heavy atom. The molecule has 3 nitrogen and oxygen atoms in total. The highest BCUT2D eigenvalue weighted by atomic mass is 16.4. The van der Waals surface area contributed by atoms with Gasteiger partial charge in [0.2, 0.25) is 0 Å². The van der Waals surface area contributed by atoms with E-state index in [0.29, 0.717) is 17.9 Å². The highest BCUT2D eigenvalue weighted by molar-refractivity contribution is 5.11. The number of aliphatic hydroxyl groups excluding tert-OH is 2. The Morgan fingerprint density at radius 2 is 1.32 bits per heavy atom. The normalized spacial score (nSPS) is 13.7. The first-order valence-electron chi connectivity index (χ1n) is 10.3. The summed E-state index contributed by atoms with van der Waals surface area (Å²) in [5.41, 5.74) is 0. The van der Waals surface area contributed by atoms with E-state index in [9.17, 15) is 10.2 Å². The minimum Gasteiger partial charge on any atom is -0.461 e. The van der Waals surface area contributed by atoms with Crippen LogP contribution in [-0.2, 0) is 0 Å². The lowest BCUT2D eigenvalue weighted by molar-refractivity contribution is 0.111. The highest BCUT2D eigenvalue weighted by Gasteiger charge is 2.16. The van der Waals surface area contributed by atoms with Gasteiger partial charge in [-0.25, -0.2) is 0 Å². The SMILES string of the molecule is C=CCCC(O)c1ccc(C(O)CCCCCCCCCCCC)o1. The summed E-state index contributed by atoms with van der Waals surface area (Å²) in [5.74, 6) is 1.11. The van der Waals surface area contributed by atoms with Crippen LogP contribution in [0.5, 0.6) is 0 Å². The summed E-state index contributed by atoms with van der Waals surface area (Å²) in [6, 6.07) is 3.55. The molecule has 0 saturated heterocycles. The predicted molar refractivity (Wildman–Crippen MR) is 105 cm³/mol. The summed E-state index contributed by atoms with van der Waals surface area (Å²) in [6.07, 6.45) is 15.6. The van der Waals surface area contributed by atoms with Gasteiger partial charge >= 0.3 is 0 Å². The average molecular weight is 351 g/mol. The third-order valence-electron chi connectivity index (χ3n) is 4.78. The Balaban J connectivity index is 2.09. The Morgan fingerprint density at radius 3 is 1.84 bits per heavy atom. The average Bonchev–Trinajstić information content (AvgIpc) is 3.11. The maximum atomic E-state index is 10.2. The van der Waals surface area contributed by atoms with Crippen LogP contribution in [0.3, 0.4) is 0 Å². The number of hydrogen-bond donors (Lipinski definition) is 2. The molecule has 0 bridgehead atoms. The molecule has 1 heterocycles. The monoisotopic (exact) mass is 350 g/mol. The van der Waals surface area contributed by atoms with Gasteiger partial charge in [-0.2, -0.15) is 0 Å². The van der Waals surface area contributed by atoms with Gasteiger partial charge in [0, 0.05) is 0 Å². The van der Waals surface area contributed by atoms with Crippen molar-refractivity contribution in [3.05, 3.63) is 36.3 Å². The van der Waals surface area contributed by atoms with Crippen molar-refractivity contribution in [2.75, 3.05) is 0 Å². The second-order valence-corrected chi connectivity index (χ2v) is 7.11. The van der Waals surface area contributed by atoms with Crippen molar-refractivity contribution in [2.24, 2.45) is 0 Å². The van der Waals surface area contributed by atoms with Crippen LogP contribution in [-0.4, -0.2) is 10.2 Å². The zero-order chi connectivity index (χ0) is 18.3. The van der Waals surface area contributed by atoms with Gasteiger partial charge in [0.15, 0.2) is 0 Å². The van der Waals surface area contributed by atoms with Crippen LogP contribution in [0.1, 0.15) is 114 Å². The Kier molecular flexibility index (Phi) is 12.4. The Labute approximate surface area is 154 Å². The minimum absolute atomic E-state index is 0.541. The zero-order valence-electron chi connectivity index (χ0n) is 16.1. The van der Waals surface area contributed by atoms with E-state index in [-0.39, 0.29) is 0 Å². The molecule has 0 aromatic carbocycles. The van der Waals surface area contributed by atoms with Gasteiger partial charge < -0.3 is 14.6 Å². The van der Waals surface area contributed by atoms with E-state index in [2.05, 4.69) is 13.5 Å². The van der Waals surface area contributed by atoms with E-state index >= 15 is 0 Å². The van der Waals surface area contributed by atoms with E-state index in [1.165, 1.54) is 57.8 Å². The van der Waals surface area contributed by atoms with Crippen LogP contribution in [0.15, 0.2) is 29.2 Å².